The Hall–Kier alpha value is -1.40. The third-order valence-corrected chi connectivity index (χ3v) is 3.78. The Kier molecular flexibility index (Phi) is 4.03. The van der Waals surface area contributed by atoms with Gasteiger partial charge < -0.3 is 20.5 Å². The molecule has 0 aromatic carbocycles. The lowest BCUT2D eigenvalue weighted by Gasteiger charge is -2.20. The average Bonchev–Trinajstić information content (AvgIpc) is 3.17. The summed E-state index contributed by atoms with van der Waals surface area (Å²) in [6, 6.07) is 2.11. The van der Waals surface area contributed by atoms with E-state index >= 15 is 0 Å². The molecule has 0 spiro atoms. The highest BCUT2D eigenvalue weighted by molar-refractivity contribution is 5.45. The second-order valence-electron chi connectivity index (χ2n) is 5.44. The van der Waals surface area contributed by atoms with Crippen LogP contribution in [0, 0.1) is 5.92 Å². The Balaban J connectivity index is 1.68. The van der Waals surface area contributed by atoms with E-state index in [-0.39, 0.29) is 0 Å². The van der Waals surface area contributed by atoms with Crippen molar-refractivity contribution in [2.24, 2.45) is 5.92 Å². The van der Waals surface area contributed by atoms with Gasteiger partial charge in [-0.05, 0) is 32.1 Å². The van der Waals surface area contributed by atoms with Crippen molar-refractivity contribution in [3.63, 3.8) is 0 Å². The summed E-state index contributed by atoms with van der Waals surface area (Å²) in [6.45, 7) is 3.80. The lowest BCUT2D eigenvalue weighted by Crippen LogP contribution is -2.31. The molecule has 2 atom stereocenters. The van der Waals surface area contributed by atoms with Crippen LogP contribution >= 0.6 is 0 Å². The Labute approximate surface area is 119 Å². The molecule has 3 rings (SSSR count). The maximum atomic E-state index is 5.83. The lowest BCUT2D eigenvalue weighted by molar-refractivity contribution is 0.0898. The molecule has 2 unspecified atom stereocenters. The van der Waals surface area contributed by atoms with E-state index in [2.05, 4.69) is 15.3 Å². The summed E-state index contributed by atoms with van der Waals surface area (Å²) in [7, 11) is 0. The second kappa shape index (κ2) is 5.93. The number of hydrogen-bond donors (Lipinski definition) is 2. The molecular weight excluding hydrogens is 256 g/mol. The van der Waals surface area contributed by atoms with E-state index in [0.717, 1.165) is 24.8 Å². The number of hydrogen-bond acceptors (Lipinski definition) is 6. The van der Waals surface area contributed by atoms with Crippen LogP contribution in [-0.2, 0) is 16.1 Å². The maximum Gasteiger partial charge on any atom is 0.158 e. The molecule has 1 saturated heterocycles. The number of nitrogen functional groups attached to an aromatic ring is 1. The molecule has 6 heteroatoms. The SMILES string of the molecule is CCOCc1nc(N)cc(NC2CCOC2C2CC2)n1. The molecule has 2 aliphatic rings. The largest absolute Gasteiger partial charge is 0.384 e. The fraction of sp³-hybridized carbons (Fsp3) is 0.714. The van der Waals surface area contributed by atoms with Crippen LogP contribution in [0.15, 0.2) is 6.07 Å². The fourth-order valence-corrected chi connectivity index (χ4v) is 2.69. The second-order valence-corrected chi connectivity index (χ2v) is 5.44. The van der Waals surface area contributed by atoms with Gasteiger partial charge in [-0.2, -0.15) is 0 Å². The number of nitrogens with zero attached hydrogens (tertiary/aromatic N) is 2. The molecule has 0 radical (unpaired) electrons. The Morgan fingerprint density at radius 3 is 3.00 bits per heavy atom. The van der Waals surface area contributed by atoms with Crippen LogP contribution in [0.2, 0.25) is 0 Å². The molecule has 1 aliphatic carbocycles. The molecule has 1 aromatic rings. The smallest absolute Gasteiger partial charge is 0.158 e. The van der Waals surface area contributed by atoms with E-state index in [9.17, 15) is 0 Å². The summed E-state index contributed by atoms with van der Waals surface area (Å²) in [5.74, 6) is 2.58. The molecule has 1 aromatic heterocycles. The lowest BCUT2D eigenvalue weighted by atomic mass is 10.1. The van der Waals surface area contributed by atoms with E-state index in [1.165, 1.54) is 12.8 Å². The molecule has 6 nitrogen and oxygen atoms in total. The van der Waals surface area contributed by atoms with Gasteiger partial charge in [-0.3, -0.25) is 0 Å². The standard InChI is InChI=1S/C14H22N4O2/c1-2-19-8-13-17-11(15)7-12(18-13)16-10-5-6-20-14(10)9-3-4-9/h7,9-10,14H,2-6,8H2,1H3,(H3,15,16,17,18). The molecule has 2 heterocycles. The molecule has 110 valence electrons. The van der Waals surface area contributed by atoms with Crippen molar-refractivity contribution >= 4 is 11.6 Å². The first-order valence-corrected chi connectivity index (χ1v) is 7.35. The minimum atomic E-state index is 0.321. The van der Waals surface area contributed by atoms with Gasteiger partial charge >= 0.3 is 0 Å². The van der Waals surface area contributed by atoms with E-state index in [1.807, 2.05) is 6.92 Å². The molecular formula is C14H22N4O2. The van der Waals surface area contributed by atoms with Crippen molar-refractivity contribution < 1.29 is 9.47 Å². The number of nitrogens with two attached hydrogens (primary N) is 1. The van der Waals surface area contributed by atoms with E-state index < -0.39 is 0 Å². The summed E-state index contributed by atoms with van der Waals surface area (Å²) in [5, 5.41) is 3.46. The zero-order chi connectivity index (χ0) is 13.9. The molecule has 2 fully saturated rings. The fourth-order valence-electron chi connectivity index (χ4n) is 2.69. The Morgan fingerprint density at radius 1 is 1.40 bits per heavy atom. The first kappa shape index (κ1) is 13.6. The first-order chi connectivity index (χ1) is 9.76. The Bertz CT molecular complexity index is 464. The third kappa shape index (κ3) is 3.19. The van der Waals surface area contributed by atoms with Gasteiger partial charge in [0.25, 0.3) is 0 Å². The van der Waals surface area contributed by atoms with Crippen LogP contribution in [-0.4, -0.2) is 35.3 Å². The van der Waals surface area contributed by atoms with Crippen molar-refractivity contribution in [1.82, 2.24) is 9.97 Å². The van der Waals surface area contributed by atoms with Crippen molar-refractivity contribution in [3.05, 3.63) is 11.9 Å². The minimum Gasteiger partial charge on any atom is -0.384 e. The van der Waals surface area contributed by atoms with Crippen LogP contribution in [0.4, 0.5) is 11.6 Å². The number of anilines is 2. The van der Waals surface area contributed by atoms with Crippen molar-refractivity contribution in [2.45, 2.75) is 44.9 Å². The first-order valence-electron chi connectivity index (χ1n) is 7.35. The molecule has 1 saturated carbocycles. The normalized spacial score (nSPS) is 25.9. The van der Waals surface area contributed by atoms with Crippen molar-refractivity contribution in [2.75, 3.05) is 24.3 Å². The minimum absolute atomic E-state index is 0.321. The average molecular weight is 278 g/mol. The van der Waals surface area contributed by atoms with Crippen LogP contribution in [0.5, 0.6) is 0 Å². The number of aromatic nitrogens is 2. The van der Waals surface area contributed by atoms with Crippen molar-refractivity contribution in [3.8, 4) is 0 Å². The zero-order valence-corrected chi connectivity index (χ0v) is 11.8. The van der Waals surface area contributed by atoms with Gasteiger partial charge in [0.05, 0.1) is 12.1 Å². The van der Waals surface area contributed by atoms with Crippen LogP contribution in [0.25, 0.3) is 0 Å². The Morgan fingerprint density at radius 2 is 2.25 bits per heavy atom. The summed E-state index contributed by atoms with van der Waals surface area (Å²) >= 11 is 0. The molecule has 3 N–H and O–H groups in total. The maximum absolute atomic E-state index is 5.83. The highest BCUT2D eigenvalue weighted by atomic mass is 16.5. The van der Waals surface area contributed by atoms with E-state index in [1.54, 1.807) is 6.07 Å². The van der Waals surface area contributed by atoms with Gasteiger partial charge in [-0.15, -0.1) is 0 Å². The van der Waals surface area contributed by atoms with E-state index in [0.29, 0.717) is 37.0 Å². The highest BCUT2D eigenvalue weighted by Gasteiger charge is 2.40. The van der Waals surface area contributed by atoms with Crippen molar-refractivity contribution in [1.29, 1.82) is 0 Å². The summed E-state index contributed by atoms with van der Waals surface area (Å²) < 4.78 is 11.2. The number of ether oxygens (including phenoxy) is 2. The molecule has 0 bridgehead atoms. The quantitative estimate of drug-likeness (QED) is 0.822. The zero-order valence-electron chi connectivity index (χ0n) is 11.8. The van der Waals surface area contributed by atoms with Crippen LogP contribution in [0.3, 0.4) is 0 Å². The number of nitrogens with one attached hydrogen (secondary N) is 1. The number of rotatable bonds is 6. The molecule has 0 amide bonds. The van der Waals surface area contributed by atoms with Crippen LogP contribution in [0.1, 0.15) is 32.0 Å². The summed E-state index contributed by atoms with van der Waals surface area (Å²) in [5.41, 5.74) is 5.83. The monoisotopic (exact) mass is 278 g/mol. The van der Waals surface area contributed by atoms with Gasteiger partial charge in [-0.25, -0.2) is 9.97 Å². The molecule has 20 heavy (non-hydrogen) atoms. The summed E-state index contributed by atoms with van der Waals surface area (Å²) in [6.07, 6.45) is 3.90. The summed E-state index contributed by atoms with van der Waals surface area (Å²) in [4.78, 5) is 8.65. The van der Waals surface area contributed by atoms with Gasteiger partial charge in [0, 0.05) is 19.3 Å². The van der Waals surface area contributed by atoms with Crippen LogP contribution < -0.4 is 11.1 Å². The molecule has 1 aliphatic heterocycles. The van der Waals surface area contributed by atoms with E-state index in [4.69, 9.17) is 15.2 Å². The van der Waals surface area contributed by atoms with Gasteiger partial charge in [0.1, 0.15) is 18.2 Å². The van der Waals surface area contributed by atoms with Gasteiger partial charge in [0.2, 0.25) is 0 Å². The predicted molar refractivity (Wildman–Crippen MR) is 76.3 cm³/mol. The van der Waals surface area contributed by atoms with Gasteiger partial charge in [-0.1, -0.05) is 0 Å². The highest BCUT2D eigenvalue weighted by Crippen LogP contribution is 2.39. The predicted octanol–water partition coefficient (Wildman–Crippen LogP) is 1.57. The topological polar surface area (TPSA) is 82.3 Å². The third-order valence-electron chi connectivity index (χ3n) is 3.78. The van der Waals surface area contributed by atoms with Gasteiger partial charge in [0.15, 0.2) is 5.82 Å².